The highest BCUT2D eigenvalue weighted by molar-refractivity contribution is 7.73. The van der Waals surface area contributed by atoms with Gasteiger partial charge < -0.3 is 26.0 Å². The van der Waals surface area contributed by atoms with Gasteiger partial charge in [0.15, 0.2) is 0 Å². The van der Waals surface area contributed by atoms with Crippen molar-refractivity contribution in [1.82, 2.24) is 16.0 Å². The summed E-state index contributed by atoms with van der Waals surface area (Å²) in [5.41, 5.74) is 3.63. The lowest BCUT2D eigenvalue weighted by Crippen LogP contribution is -2.51. The van der Waals surface area contributed by atoms with Crippen LogP contribution in [0.2, 0.25) is 0 Å². The van der Waals surface area contributed by atoms with Gasteiger partial charge >= 0.3 is 0 Å². The summed E-state index contributed by atoms with van der Waals surface area (Å²) >= 11 is 0. The number of aliphatic hydroxyl groups is 1. The predicted octanol–water partition coefficient (Wildman–Crippen LogP) is 3.55. The van der Waals surface area contributed by atoms with Crippen molar-refractivity contribution in [2.45, 2.75) is 96.6 Å². The van der Waals surface area contributed by atoms with Gasteiger partial charge in [-0.2, -0.15) is 8.42 Å². The Hall–Kier alpha value is -3.57. The summed E-state index contributed by atoms with van der Waals surface area (Å²) in [5, 5.41) is 19.3. The molecule has 1 unspecified atom stereocenters. The van der Waals surface area contributed by atoms with E-state index in [-0.39, 0.29) is 28.6 Å². The summed E-state index contributed by atoms with van der Waals surface area (Å²) < 4.78 is 24.1. The van der Waals surface area contributed by atoms with Crippen molar-refractivity contribution in [3.8, 4) is 0 Å². The fraction of sp³-hybridized carbons (Fsp3) is 0.457. The molecule has 4 N–H and O–H groups in total. The number of nitrogens with zero attached hydrogens (tertiary/aromatic N) is 1. The lowest BCUT2D eigenvalue weighted by molar-refractivity contribution is -0.128. The minimum absolute atomic E-state index is 0.160. The van der Waals surface area contributed by atoms with Crippen LogP contribution in [0.1, 0.15) is 71.1 Å². The SMILES string of the molecule is C[C@@H](O)CNC(C)(C)CC(=O)N[C@@H]1CCc2ccccc2N(Cc2ccc(C3=CC=CC(=S(=O)=O)C3NC(C)(C)C)cc2)C1=O. The van der Waals surface area contributed by atoms with Crippen LogP contribution in [0.5, 0.6) is 0 Å². The first kappa shape index (κ1) is 34.3. The third-order valence-electron chi connectivity index (χ3n) is 7.89. The second-order valence-corrected chi connectivity index (χ2v) is 14.6. The fourth-order valence-electron chi connectivity index (χ4n) is 5.72. The minimum Gasteiger partial charge on any atom is -0.392 e. The summed E-state index contributed by atoms with van der Waals surface area (Å²) in [6, 6.07) is 14.5. The van der Waals surface area contributed by atoms with Gasteiger partial charge in [0.25, 0.3) is 0 Å². The van der Waals surface area contributed by atoms with Crippen molar-refractivity contribution in [3.63, 3.8) is 0 Å². The summed E-state index contributed by atoms with van der Waals surface area (Å²) in [6.45, 7) is 12.2. The Balaban J connectivity index is 1.55. The van der Waals surface area contributed by atoms with Crippen LogP contribution in [-0.2, 0) is 32.8 Å². The van der Waals surface area contributed by atoms with Gasteiger partial charge in [-0.25, -0.2) is 0 Å². The number of β-amino-alcohol motifs (C(OH)–C–C–N with tert-alkyl or cyclic N) is 1. The second-order valence-electron chi connectivity index (χ2n) is 13.6. The summed E-state index contributed by atoms with van der Waals surface area (Å²) in [4.78, 5) is 29.1. The highest BCUT2D eigenvalue weighted by Gasteiger charge is 2.33. The number of anilines is 1. The first-order valence-corrected chi connectivity index (χ1v) is 16.5. The molecule has 1 aliphatic carbocycles. The zero-order valence-corrected chi connectivity index (χ0v) is 27.9. The molecule has 0 saturated carbocycles. The van der Waals surface area contributed by atoms with Gasteiger partial charge in [-0.3, -0.25) is 9.59 Å². The maximum atomic E-state index is 14.0. The number of hydrogen-bond donors (Lipinski definition) is 4. The number of amides is 2. The molecule has 0 radical (unpaired) electrons. The zero-order valence-electron chi connectivity index (χ0n) is 27.1. The number of aliphatic hydroxyl groups excluding tert-OH is 1. The van der Waals surface area contributed by atoms with E-state index in [2.05, 4.69) is 16.0 Å². The molecule has 10 heteroatoms. The van der Waals surface area contributed by atoms with Crippen LogP contribution in [0.25, 0.3) is 5.57 Å². The number of allylic oxidation sites excluding steroid dienone is 2. The Labute approximate surface area is 268 Å². The van der Waals surface area contributed by atoms with Crippen LogP contribution in [0.4, 0.5) is 5.69 Å². The molecule has 0 aromatic heterocycles. The van der Waals surface area contributed by atoms with E-state index in [1.165, 1.54) is 0 Å². The molecule has 0 fully saturated rings. The van der Waals surface area contributed by atoms with Crippen molar-refractivity contribution in [1.29, 1.82) is 0 Å². The number of nitrogens with one attached hydrogen (secondary N) is 3. The molecule has 1 heterocycles. The first-order chi connectivity index (χ1) is 21.1. The van der Waals surface area contributed by atoms with E-state index in [0.717, 1.165) is 28.0 Å². The third kappa shape index (κ3) is 9.23. The number of aryl methyl sites for hydroxylation is 1. The van der Waals surface area contributed by atoms with Gasteiger partial charge in [0.05, 0.1) is 23.6 Å². The van der Waals surface area contributed by atoms with E-state index in [1.54, 1.807) is 24.0 Å². The van der Waals surface area contributed by atoms with Gasteiger partial charge in [0.2, 0.25) is 22.1 Å². The summed E-state index contributed by atoms with van der Waals surface area (Å²) in [7, 11) is -2.38. The Bertz CT molecular complexity index is 1590. The standard InChI is InChI=1S/C35H46N4O5S/c1-23(40)21-36-35(5,6)20-31(41)37-28-19-18-26-10-7-8-12-29(26)39(33(28)42)22-24-14-16-25(17-15-24)27-11-9-13-30(45(43)44)32(27)38-34(2,3)4/h7-17,23,28,32,36,38,40H,18-22H2,1-6H3,(H,37,41)/t23-,28-,32?/m1/s1. The van der Waals surface area contributed by atoms with E-state index in [1.807, 2.05) is 89.2 Å². The predicted molar refractivity (Wildman–Crippen MR) is 180 cm³/mol. The van der Waals surface area contributed by atoms with Gasteiger partial charge in [-0.15, -0.1) is 0 Å². The molecular weight excluding hydrogens is 588 g/mol. The quantitative estimate of drug-likeness (QED) is 0.295. The minimum atomic E-state index is -2.38. The van der Waals surface area contributed by atoms with Gasteiger partial charge in [0, 0.05) is 29.7 Å². The Morgan fingerprint density at radius 3 is 2.40 bits per heavy atom. The topological polar surface area (TPSA) is 128 Å². The molecule has 0 saturated heterocycles. The van der Waals surface area contributed by atoms with E-state index >= 15 is 0 Å². The molecule has 45 heavy (non-hydrogen) atoms. The van der Waals surface area contributed by atoms with Crippen molar-refractivity contribution in [2.75, 3.05) is 11.4 Å². The number of carbonyl (C=O) groups excluding carboxylic acids is 2. The molecule has 0 spiro atoms. The van der Waals surface area contributed by atoms with Crippen molar-refractivity contribution < 1.29 is 23.1 Å². The van der Waals surface area contributed by atoms with E-state index < -0.39 is 34.0 Å². The second kappa shape index (κ2) is 14.2. The smallest absolute Gasteiger partial charge is 0.249 e. The molecule has 242 valence electrons. The number of fused-ring (bicyclic) bond motifs is 1. The van der Waals surface area contributed by atoms with Crippen LogP contribution in [0.3, 0.4) is 0 Å². The van der Waals surface area contributed by atoms with Crippen molar-refractivity contribution >= 4 is 38.2 Å². The molecule has 1 aliphatic heterocycles. The lowest BCUT2D eigenvalue weighted by atomic mass is 9.90. The van der Waals surface area contributed by atoms with E-state index in [9.17, 15) is 23.1 Å². The number of carbonyl (C=O) groups is 2. The van der Waals surface area contributed by atoms with Crippen molar-refractivity contribution in [2.24, 2.45) is 0 Å². The number of para-hydroxylation sites is 1. The maximum Gasteiger partial charge on any atom is 0.249 e. The van der Waals surface area contributed by atoms with Crippen molar-refractivity contribution in [3.05, 3.63) is 83.4 Å². The Morgan fingerprint density at radius 2 is 1.76 bits per heavy atom. The largest absolute Gasteiger partial charge is 0.392 e. The van der Waals surface area contributed by atoms with Gasteiger partial charge in [-0.1, -0.05) is 54.6 Å². The normalized spacial score (nSPS) is 19.4. The molecule has 2 amide bonds. The van der Waals surface area contributed by atoms with E-state index in [4.69, 9.17) is 0 Å². The van der Waals surface area contributed by atoms with Crippen LogP contribution in [-0.4, -0.2) is 66.0 Å². The number of benzene rings is 2. The monoisotopic (exact) mass is 634 g/mol. The fourth-order valence-corrected chi connectivity index (χ4v) is 6.29. The number of rotatable bonds is 10. The highest BCUT2D eigenvalue weighted by Crippen LogP contribution is 2.30. The third-order valence-corrected chi connectivity index (χ3v) is 8.65. The molecule has 2 aromatic carbocycles. The summed E-state index contributed by atoms with van der Waals surface area (Å²) in [6.07, 6.45) is 6.06. The maximum absolute atomic E-state index is 14.0. The molecule has 0 bridgehead atoms. The Morgan fingerprint density at radius 1 is 1.07 bits per heavy atom. The molecule has 2 aromatic rings. The molecular formula is C35H46N4O5S. The summed E-state index contributed by atoms with van der Waals surface area (Å²) in [5.74, 6) is -0.394. The van der Waals surface area contributed by atoms with Crippen LogP contribution >= 0.6 is 0 Å². The van der Waals surface area contributed by atoms with Gasteiger partial charge in [-0.05, 0) is 88.8 Å². The van der Waals surface area contributed by atoms with Crippen LogP contribution < -0.4 is 20.9 Å². The van der Waals surface area contributed by atoms with Crippen LogP contribution in [0, 0.1) is 0 Å². The average molecular weight is 635 g/mol. The van der Waals surface area contributed by atoms with Crippen LogP contribution in [0.15, 0.2) is 66.8 Å². The molecule has 4 rings (SSSR count). The zero-order chi connectivity index (χ0) is 32.9. The highest BCUT2D eigenvalue weighted by atomic mass is 32.2. The molecule has 9 nitrogen and oxygen atoms in total. The lowest BCUT2D eigenvalue weighted by Gasteiger charge is -2.31. The average Bonchev–Trinajstić information content (AvgIpc) is 3.08. The Kier molecular flexibility index (Phi) is 10.9. The number of hydrogen-bond acceptors (Lipinski definition) is 7. The van der Waals surface area contributed by atoms with Gasteiger partial charge in [0.1, 0.15) is 6.04 Å². The molecule has 3 atom stereocenters. The molecule has 2 aliphatic rings. The van der Waals surface area contributed by atoms with E-state index in [0.29, 0.717) is 25.9 Å². The first-order valence-electron chi connectivity index (χ1n) is 15.5.